The van der Waals surface area contributed by atoms with Gasteiger partial charge >= 0.3 is 0 Å². The van der Waals surface area contributed by atoms with Crippen molar-refractivity contribution in [3.05, 3.63) is 101 Å². The number of benzene rings is 3. The lowest BCUT2D eigenvalue weighted by Crippen LogP contribution is -2.41. The fourth-order valence-corrected chi connectivity index (χ4v) is 3.11. The largest absolute Gasteiger partial charge is 0.489 e. The topological polar surface area (TPSA) is 106 Å². The average Bonchev–Trinajstić information content (AvgIpc) is 3.36. The molecule has 0 bridgehead atoms. The number of hydrogen-bond donors (Lipinski definition) is 2. The van der Waals surface area contributed by atoms with E-state index in [4.69, 9.17) is 20.8 Å². The Labute approximate surface area is 200 Å². The molecule has 1 aromatic heterocycles. The van der Waals surface area contributed by atoms with Crippen LogP contribution in [0.25, 0.3) is 11.5 Å². The first-order valence-corrected chi connectivity index (χ1v) is 10.9. The summed E-state index contributed by atoms with van der Waals surface area (Å²) in [4.78, 5) is 24.4. The second-order valence-electron chi connectivity index (χ2n) is 7.31. The van der Waals surface area contributed by atoms with Crippen molar-refractivity contribution >= 4 is 23.4 Å². The van der Waals surface area contributed by atoms with Crippen molar-refractivity contribution in [3.63, 3.8) is 0 Å². The van der Waals surface area contributed by atoms with E-state index >= 15 is 0 Å². The number of hydrazine groups is 1. The quantitative estimate of drug-likeness (QED) is 0.366. The van der Waals surface area contributed by atoms with Crippen LogP contribution < -0.4 is 15.6 Å². The van der Waals surface area contributed by atoms with Gasteiger partial charge in [0.05, 0.1) is 0 Å². The van der Waals surface area contributed by atoms with Gasteiger partial charge in [0.15, 0.2) is 0 Å². The van der Waals surface area contributed by atoms with Crippen molar-refractivity contribution in [1.82, 2.24) is 21.0 Å². The molecule has 34 heavy (non-hydrogen) atoms. The molecule has 2 amide bonds. The van der Waals surface area contributed by atoms with Gasteiger partial charge in [-0.3, -0.25) is 20.4 Å². The van der Waals surface area contributed by atoms with E-state index in [-0.39, 0.29) is 18.7 Å². The number of nitrogens with one attached hydrogen (secondary N) is 2. The molecule has 1 heterocycles. The van der Waals surface area contributed by atoms with E-state index in [0.717, 1.165) is 11.1 Å². The highest BCUT2D eigenvalue weighted by molar-refractivity contribution is 6.30. The van der Waals surface area contributed by atoms with Crippen LogP contribution in [0.1, 0.15) is 28.2 Å². The normalized spacial score (nSPS) is 10.5. The molecule has 0 saturated heterocycles. The fourth-order valence-electron chi connectivity index (χ4n) is 2.98. The number of nitrogens with zero attached hydrogens (tertiary/aromatic N) is 2. The molecule has 0 spiro atoms. The summed E-state index contributed by atoms with van der Waals surface area (Å²) in [6.07, 6.45) is 0.335. The number of aromatic nitrogens is 2. The SMILES string of the molecule is O=C(CCc1nnc(-c2ccccc2)o1)NNC(=O)c1ccc(COc2ccc(Cl)cc2)cc1. The van der Waals surface area contributed by atoms with E-state index in [1.54, 1.807) is 48.5 Å². The predicted octanol–water partition coefficient (Wildman–Crippen LogP) is 4.36. The van der Waals surface area contributed by atoms with Crippen molar-refractivity contribution in [3.8, 4) is 17.2 Å². The molecule has 0 saturated carbocycles. The Hall–Kier alpha value is -4.17. The predicted molar refractivity (Wildman–Crippen MR) is 126 cm³/mol. The Bertz CT molecular complexity index is 1240. The first-order chi connectivity index (χ1) is 16.6. The van der Waals surface area contributed by atoms with Crippen LogP contribution in [0.5, 0.6) is 5.75 Å². The van der Waals surface area contributed by atoms with Crippen LogP contribution in [-0.4, -0.2) is 22.0 Å². The first kappa shape index (κ1) is 23.0. The molecule has 0 unspecified atom stereocenters. The zero-order valence-corrected chi connectivity index (χ0v) is 18.8. The number of carbonyl (C=O) groups is 2. The highest BCUT2D eigenvalue weighted by atomic mass is 35.5. The molecular weight excluding hydrogens is 456 g/mol. The average molecular weight is 477 g/mol. The number of carbonyl (C=O) groups excluding carboxylic acids is 2. The van der Waals surface area contributed by atoms with E-state index in [1.807, 2.05) is 30.3 Å². The maximum Gasteiger partial charge on any atom is 0.269 e. The van der Waals surface area contributed by atoms with E-state index in [1.165, 1.54) is 0 Å². The van der Waals surface area contributed by atoms with Crippen LogP contribution in [0, 0.1) is 0 Å². The lowest BCUT2D eigenvalue weighted by molar-refractivity contribution is -0.121. The standard InChI is InChI=1S/C25H21ClN4O4/c26-20-10-12-21(13-11-20)33-16-17-6-8-18(9-7-17)24(32)29-27-22(31)14-15-23-28-30-25(34-23)19-4-2-1-3-5-19/h1-13H,14-16H2,(H,27,31)(H,29,32). The summed E-state index contributed by atoms with van der Waals surface area (Å²) < 4.78 is 11.3. The van der Waals surface area contributed by atoms with Crippen molar-refractivity contribution < 1.29 is 18.7 Å². The van der Waals surface area contributed by atoms with Crippen molar-refractivity contribution in [1.29, 1.82) is 0 Å². The Kier molecular flexibility index (Phi) is 7.52. The van der Waals surface area contributed by atoms with Gasteiger partial charge in [-0.25, -0.2) is 0 Å². The molecule has 0 radical (unpaired) electrons. The van der Waals surface area contributed by atoms with E-state index in [0.29, 0.717) is 34.7 Å². The van der Waals surface area contributed by atoms with Gasteiger partial charge in [0, 0.05) is 29.0 Å². The summed E-state index contributed by atoms with van der Waals surface area (Å²) in [5.41, 5.74) is 6.89. The molecule has 8 nitrogen and oxygen atoms in total. The number of amides is 2. The summed E-state index contributed by atoms with van der Waals surface area (Å²) in [6.45, 7) is 0.349. The van der Waals surface area contributed by atoms with Crippen LogP contribution in [0.4, 0.5) is 0 Å². The Morgan fingerprint density at radius 1 is 0.882 bits per heavy atom. The molecule has 4 aromatic rings. The molecule has 0 aliphatic heterocycles. The van der Waals surface area contributed by atoms with E-state index < -0.39 is 5.91 Å². The van der Waals surface area contributed by atoms with E-state index in [2.05, 4.69) is 21.0 Å². The van der Waals surface area contributed by atoms with Gasteiger partial charge in [-0.05, 0) is 54.1 Å². The van der Waals surface area contributed by atoms with Crippen molar-refractivity contribution in [2.75, 3.05) is 0 Å². The minimum absolute atomic E-state index is 0.0810. The third kappa shape index (κ3) is 6.43. The number of aryl methyl sites for hydroxylation is 1. The van der Waals surface area contributed by atoms with Crippen LogP contribution >= 0.6 is 11.6 Å². The summed E-state index contributed by atoms with van der Waals surface area (Å²) >= 11 is 5.86. The number of halogens is 1. The third-order valence-electron chi connectivity index (χ3n) is 4.80. The molecule has 0 aliphatic carbocycles. The number of ether oxygens (including phenoxy) is 1. The molecule has 9 heteroatoms. The molecule has 3 aromatic carbocycles. The smallest absolute Gasteiger partial charge is 0.269 e. The number of rotatable bonds is 8. The maximum absolute atomic E-state index is 12.3. The Morgan fingerprint density at radius 3 is 2.35 bits per heavy atom. The molecule has 2 N–H and O–H groups in total. The van der Waals surface area contributed by atoms with Gasteiger partial charge in [0.1, 0.15) is 12.4 Å². The molecule has 0 aliphatic rings. The zero-order valence-electron chi connectivity index (χ0n) is 18.0. The lowest BCUT2D eigenvalue weighted by Gasteiger charge is -2.09. The molecular formula is C25H21ClN4O4. The molecule has 172 valence electrons. The van der Waals surface area contributed by atoms with Gasteiger partial charge in [-0.2, -0.15) is 0 Å². The lowest BCUT2D eigenvalue weighted by atomic mass is 10.1. The van der Waals surface area contributed by atoms with E-state index in [9.17, 15) is 9.59 Å². The highest BCUT2D eigenvalue weighted by Crippen LogP contribution is 2.18. The van der Waals surface area contributed by atoms with Gasteiger partial charge in [-0.1, -0.05) is 41.9 Å². The monoisotopic (exact) mass is 476 g/mol. The molecule has 0 fully saturated rings. The van der Waals surface area contributed by atoms with Crippen LogP contribution in [0.3, 0.4) is 0 Å². The zero-order chi connectivity index (χ0) is 23.8. The molecule has 4 rings (SSSR count). The van der Waals surface area contributed by atoms with Crippen LogP contribution in [0.2, 0.25) is 5.02 Å². The van der Waals surface area contributed by atoms with Crippen molar-refractivity contribution in [2.24, 2.45) is 0 Å². The van der Waals surface area contributed by atoms with Gasteiger partial charge < -0.3 is 9.15 Å². The summed E-state index contributed by atoms with van der Waals surface area (Å²) in [7, 11) is 0. The van der Waals surface area contributed by atoms with Crippen LogP contribution in [0.15, 0.2) is 83.3 Å². The number of hydrogen-bond acceptors (Lipinski definition) is 6. The highest BCUT2D eigenvalue weighted by Gasteiger charge is 2.12. The first-order valence-electron chi connectivity index (χ1n) is 10.5. The second kappa shape index (κ2) is 11.1. The molecule has 0 atom stereocenters. The van der Waals surface area contributed by atoms with Gasteiger partial charge in [-0.15, -0.1) is 10.2 Å². The summed E-state index contributed by atoms with van der Waals surface area (Å²) in [6, 6.07) is 23.3. The minimum Gasteiger partial charge on any atom is -0.489 e. The van der Waals surface area contributed by atoms with Crippen molar-refractivity contribution in [2.45, 2.75) is 19.4 Å². The van der Waals surface area contributed by atoms with Crippen LogP contribution in [-0.2, 0) is 17.8 Å². The van der Waals surface area contributed by atoms with Gasteiger partial charge in [0.25, 0.3) is 5.91 Å². The third-order valence-corrected chi connectivity index (χ3v) is 5.06. The van der Waals surface area contributed by atoms with Gasteiger partial charge in [0.2, 0.25) is 17.7 Å². The summed E-state index contributed by atoms with van der Waals surface area (Å²) in [5, 5.41) is 8.58. The maximum atomic E-state index is 12.3. The fraction of sp³-hybridized carbons (Fsp3) is 0.120. The second-order valence-corrected chi connectivity index (χ2v) is 7.75. The Morgan fingerprint density at radius 2 is 1.62 bits per heavy atom. The Balaban J connectivity index is 1.20. The summed E-state index contributed by atoms with van der Waals surface area (Å²) in [5.74, 6) is 0.636. The minimum atomic E-state index is -0.428.